The Balaban J connectivity index is 1.99. The first-order chi connectivity index (χ1) is 10.5. The molecule has 3 nitrogen and oxygen atoms in total. The van der Waals surface area contributed by atoms with Gasteiger partial charge in [-0.1, -0.05) is 28.1 Å². The third-order valence-corrected chi connectivity index (χ3v) is 4.15. The molecule has 0 spiro atoms. The molecule has 0 aliphatic carbocycles. The van der Waals surface area contributed by atoms with E-state index in [0.29, 0.717) is 5.11 Å². The van der Waals surface area contributed by atoms with E-state index < -0.39 is 0 Å². The van der Waals surface area contributed by atoms with Gasteiger partial charge in [0.05, 0.1) is 13.2 Å². The van der Waals surface area contributed by atoms with Gasteiger partial charge in [0.1, 0.15) is 5.75 Å². The van der Waals surface area contributed by atoms with Crippen LogP contribution in [-0.4, -0.2) is 12.2 Å². The van der Waals surface area contributed by atoms with Crippen molar-refractivity contribution in [1.82, 2.24) is 5.32 Å². The molecule has 0 aliphatic heterocycles. The van der Waals surface area contributed by atoms with Crippen LogP contribution in [0.4, 0.5) is 5.69 Å². The maximum absolute atomic E-state index is 5.40. The number of nitrogens with one attached hydrogen (secondary N) is 2. The van der Waals surface area contributed by atoms with E-state index in [-0.39, 0.29) is 6.04 Å². The number of methoxy groups -OCH3 is 1. The summed E-state index contributed by atoms with van der Waals surface area (Å²) in [5.41, 5.74) is 3.24. The summed E-state index contributed by atoms with van der Waals surface area (Å²) in [4.78, 5) is 0. The normalized spacial score (nSPS) is 11.6. The second-order valence-corrected chi connectivity index (χ2v) is 6.38. The SMILES string of the molecule is COc1ccc(NC(=S)NC(C)c2ccc(Br)cc2)c(C)c1. The van der Waals surface area contributed by atoms with Gasteiger partial charge >= 0.3 is 0 Å². The molecule has 1 atom stereocenters. The fourth-order valence-electron chi connectivity index (χ4n) is 2.09. The van der Waals surface area contributed by atoms with E-state index in [9.17, 15) is 0 Å². The van der Waals surface area contributed by atoms with Crippen LogP contribution in [0.2, 0.25) is 0 Å². The van der Waals surface area contributed by atoms with Gasteiger partial charge in [0.15, 0.2) is 5.11 Å². The van der Waals surface area contributed by atoms with E-state index in [4.69, 9.17) is 17.0 Å². The summed E-state index contributed by atoms with van der Waals surface area (Å²) in [6.07, 6.45) is 0. The lowest BCUT2D eigenvalue weighted by molar-refractivity contribution is 0.414. The van der Waals surface area contributed by atoms with Gasteiger partial charge in [-0.15, -0.1) is 0 Å². The molecule has 0 fully saturated rings. The zero-order valence-electron chi connectivity index (χ0n) is 12.8. The van der Waals surface area contributed by atoms with Crippen LogP contribution in [0.5, 0.6) is 5.75 Å². The highest BCUT2D eigenvalue weighted by Crippen LogP contribution is 2.21. The van der Waals surface area contributed by atoms with Crippen LogP contribution in [0.15, 0.2) is 46.9 Å². The molecule has 22 heavy (non-hydrogen) atoms. The summed E-state index contributed by atoms with van der Waals surface area (Å²) >= 11 is 8.84. The van der Waals surface area contributed by atoms with Crippen LogP contribution < -0.4 is 15.4 Å². The van der Waals surface area contributed by atoms with Crippen molar-refractivity contribution in [3.8, 4) is 5.75 Å². The quantitative estimate of drug-likeness (QED) is 0.747. The van der Waals surface area contributed by atoms with Crippen molar-refractivity contribution >= 4 is 38.9 Å². The van der Waals surface area contributed by atoms with Crippen molar-refractivity contribution in [2.75, 3.05) is 12.4 Å². The highest BCUT2D eigenvalue weighted by atomic mass is 79.9. The average Bonchev–Trinajstić information content (AvgIpc) is 2.49. The van der Waals surface area contributed by atoms with Crippen molar-refractivity contribution in [1.29, 1.82) is 0 Å². The first-order valence-electron chi connectivity index (χ1n) is 6.97. The molecule has 0 aliphatic rings. The van der Waals surface area contributed by atoms with Gasteiger partial charge in [-0.2, -0.15) is 0 Å². The van der Waals surface area contributed by atoms with Crippen LogP contribution in [-0.2, 0) is 0 Å². The van der Waals surface area contributed by atoms with E-state index in [0.717, 1.165) is 21.5 Å². The molecule has 0 saturated heterocycles. The van der Waals surface area contributed by atoms with Crippen LogP contribution in [0, 0.1) is 6.92 Å². The Morgan fingerprint density at radius 2 is 1.86 bits per heavy atom. The third kappa shape index (κ3) is 4.45. The maximum atomic E-state index is 5.40. The highest BCUT2D eigenvalue weighted by Gasteiger charge is 2.08. The zero-order chi connectivity index (χ0) is 16.1. The third-order valence-electron chi connectivity index (χ3n) is 3.40. The monoisotopic (exact) mass is 378 g/mol. The number of thiocarbonyl (C=S) groups is 1. The number of hydrogen-bond acceptors (Lipinski definition) is 2. The van der Waals surface area contributed by atoms with Gasteiger partial charge in [0, 0.05) is 10.2 Å². The number of aryl methyl sites for hydroxylation is 1. The molecular weight excluding hydrogens is 360 g/mol. The predicted octanol–water partition coefficient (Wildman–Crippen LogP) is 4.81. The van der Waals surface area contributed by atoms with E-state index in [1.807, 2.05) is 37.3 Å². The fraction of sp³-hybridized carbons (Fsp3) is 0.235. The summed E-state index contributed by atoms with van der Waals surface area (Å²) in [6, 6.07) is 14.2. The van der Waals surface area contributed by atoms with Crippen LogP contribution in [0.3, 0.4) is 0 Å². The van der Waals surface area contributed by atoms with Crippen molar-refractivity contribution < 1.29 is 4.74 Å². The second-order valence-electron chi connectivity index (χ2n) is 5.05. The Morgan fingerprint density at radius 1 is 1.18 bits per heavy atom. The molecule has 0 heterocycles. The highest BCUT2D eigenvalue weighted by molar-refractivity contribution is 9.10. The number of ether oxygens (including phenoxy) is 1. The minimum Gasteiger partial charge on any atom is -0.497 e. The minimum absolute atomic E-state index is 0.131. The van der Waals surface area contributed by atoms with Crippen molar-refractivity contribution in [3.05, 3.63) is 58.1 Å². The molecule has 0 amide bonds. The molecule has 0 aromatic heterocycles. The smallest absolute Gasteiger partial charge is 0.171 e. The van der Waals surface area contributed by atoms with Crippen molar-refractivity contribution in [3.63, 3.8) is 0 Å². The summed E-state index contributed by atoms with van der Waals surface area (Å²) < 4.78 is 6.27. The molecule has 116 valence electrons. The van der Waals surface area contributed by atoms with Crippen molar-refractivity contribution in [2.24, 2.45) is 0 Å². The minimum atomic E-state index is 0.131. The van der Waals surface area contributed by atoms with Crippen LogP contribution >= 0.6 is 28.1 Å². The van der Waals surface area contributed by atoms with Crippen LogP contribution in [0.1, 0.15) is 24.1 Å². The molecule has 5 heteroatoms. The van der Waals surface area contributed by atoms with Gasteiger partial charge in [0.25, 0.3) is 0 Å². The van der Waals surface area contributed by atoms with Gasteiger partial charge in [0.2, 0.25) is 0 Å². The lowest BCUT2D eigenvalue weighted by Gasteiger charge is -2.18. The van der Waals surface area contributed by atoms with E-state index in [1.54, 1.807) is 7.11 Å². The lowest BCUT2D eigenvalue weighted by Crippen LogP contribution is -2.31. The number of halogens is 1. The molecule has 2 aromatic rings. The molecule has 0 radical (unpaired) electrons. The Hall–Kier alpha value is -1.59. The fourth-order valence-corrected chi connectivity index (χ4v) is 2.64. The Bertz CT molecular complexity index is 658. The molecule has 0 bridgehead atoms. The number of anilines is 1. The number of benzene rings is 2. The summed E-state index contributed by atoms with van der Waals surface area (Å²) in [5.74, 6) is 0.838. The number of hydrogen-bond donors (Lipinski definition) is 2. The van der Waals surface area contributed by atoms with Crippen molar-refractivity contribution in [2.45, 2.75) is 19.9 Å². The van der Waals surface area contributed by atoms with E-state index in [2.05, 4.69) is 45.6 Å². The Labute approximate surface area is 145 Å². The Morgan fingerprint density at radius 3 is 2.45 bits per heavy atom. The summed E-state index contributed by atoms with van der Waals surface area (Å²) in [7, 11) is 1.66. The molecular formula is C17H19BrN2OS. The van der Waals surface area contributed by atoms with Gasteiger partial charge in [-0.05, 0) is 67.5 Å². The standard InChI is InChI=1S/C17H19BrN2OS/c1-11-10-15(21-3)8-9-16(11)20-17(22)19-12(2)13-4-6-14(18)7-5-13/h4-10,12H,1-3H3,(H2,19,20,22). The number of rotatable bonds is 4. The molecule has 2 N–H and O–H groups in total. The van der Waals surface area contributed by atoms with Gasteiger partial charge in [-0.3, -0.25) is 0 Å². The molecule has 2 rings (SSSR count). The van der Waals surface area contributed by atoms with Crippen LogP contribution in [0.25, 0.3) is 0 Å². The first-order valence-corrected chi connectivity index (χ1v) is 8.17. The van der Waals surface area contributed by atoms with E-state index >= 15 is 0 Å². The van der Waals surface area contributed by atoms with Gasteiger partial charge in [-0.25, -0.2) is 0 Å². The largest absolute Gasteiger partial charge is 0.497 e. The second kappa shape index (κ2) is 7.61. The maximum Gasteiger partial charge on any atom is 0.171 e. The Kier molecular flexibility index (Phi) is 5.80. The molecule has 0 saturated carbocycles. The molecule has 2 aromatic carbocycles. The zero-order valence-corrected chi connectivity index (χ0v) is 15.2. The lowest BCUT2D eigenvalue weighted by atomic mass is 10.1. The topological polar surface area (TPSA) is 33.3 Å². The predicted molar refractivity (Wildman–Crippen MR) is 99.6 cm³/mol. The van der Waals surface area contributed by atoms with E-state index in [1.165, 1.54) is 5.56 Å². The van der Waals surface area contributed by atoms with Gasteiger partial charge < -0.3 is 15.4 Å². The molecule has 1 unspecified atom stereocenters. The average molecular weight is 379 g/mol. The summed E-state index contributed by atoms with van der Waals surface area (Å²) in [5, 5.41) is 7.12. The first kappa shape index (κ1) is 16.8. The summed E-state index contributed by atoms with van der Waals surface area (Å²) in [6.45, 7) is 4.10.